The summed E-state index contributed by atoms with van der Waals surface area (Å²) in [5.74, 6) is 0.0969. The van der Waals surface area contributed by atoms with Crippen molar-refractivity contribution in [3.8, 4) is 0 Å². The highest BCUT2D eigenvalue weighted by Crippen LogP contribution is 2.41. The molecule has 2 aliphatic rings. The molecular formula is C27H31ClN4O. The van der Waals surface area contributed by atoms with Crippen LogP contribution in [0.4, 0.5) is 0 Å². The van der Waals surface area contributed by atoms with Crippen LogP contribution in [-0.4, -0.2) is 21.0 Å². The lowest BCUT2D eigenvalue weighted by Gasteiger charge is -2.21. The van der Waals surface area contributed by atoms with Gasteiger partial charge in [-0.3, -0.25) is 9.89 Å². The van der Waals surface area contributed by atoms with Gasteiger partial charge in [0.2, 0.25) is 5.91 Å². The molecule has 2 heterocycles. The van der Waals surface area contributed by atoms with E-state index in [1.54, 1.807) is 6.08 Å². The van der Waals surface area contributed by atoms with Gasteiger partial charge in [-0.25, -0.2) is 0 Å². The van der Waals surface area contributed by atoms with Crippen molar-refractivity contribution in [2.75, 3.05) is 0 Å². The third-order valence-corrected chi connectivity index (χ3v) is 6.92. The quantitative estimate of drug-likeness (QED) is 0.548. The lowest BCUT2D eigenvalue weighted by Crippen LogP contribution is -2.30. The maximum Gasteiger partial charge on any atom is 0.233 e. The van der Waals surface area contributed by atoms with E-state index in [0.717, 1.165) is 53.1 Å². The highest BCUT2D eigenvalue weighted by molar-refractivity contribution is 6.31. The number of rotatable bonds is 5. The normalized spacial score (nSPS) is 19.8. The number of nitrogens with zero attached hydrogens (tertiary/aromatic N) is 2. The summed E-state index contributed by atoms with van der Waals surface area (Å²) >= 11 is 6.42. The molecule has 6 heteroatoms. The van der Waals surface area contributed by atoms with Crippen LogP contribution in [0.5, 0.6) is 0 Å². The van der Waals surface area contributed by atoms with Crippen LogP contribution in [0.2, 0.25) is 5.02 Å². The second kappa shape index (κ2) is 9.06. The molecule has 1 saturated heterocycles. The van der Waals surface area contributed by atoms with Crippen LogP contribution in [0.1, 0.15) is 55.6 Å². The number of amides is 1. The SMILES string of the molecule is C=C/C=C(\C=C1/CC(C)(C)C(=O)N1Cc1ccccc1Cl)C1=C(N)c2n[nH]c(C)c2CCC1. The van der Waals surface area contributed by atoms with Gasteiger partial charge in [0, 0.05) is 33.8 Å². The number of fused-ring (bicyclic) bond motifs is 1. The molecule has 0 radical (unpaired) electrons. The summed E-state index contributed by atoms with van der Waals surface area (Å²) in [6.07, 6.45) is 9.24. The number of aromatic nitrogens is 2. The van der Waals surface area contributed by atoms with Gasteiger partial charge in [0.15, 0.2) is 0 Å². The molecule has 0 bridgehead atoms. The topological polar surface area (TPSA) is 75.0 Å². The molecule has 1 aromatic heterocycles. The molecule has 0 atom stereocenters. The Morgan fingerprint density at radius 3 is 2.82 bits per heavy atom. The molecule has 0 spiro atoms. The second-order valence-corrected chi connectivity index (χ2v) is 9.87. The van der Waals surface area contributed by atoms with Crippen molar-refractivity contribution in [2.45, 2.75) is 53.0 Å². The Hall–Kier alpha value is -3.05. The molecule has 0 saturated carbocycles. The number of carbonyl (C=O) groups excluding carboxylic acids is 1. The number of allylic oxidation sites excluding steroid dienone is 6. The van der Waals surface area contributed by atoms with Gasteiger partial charge in [0.1, 0.15) is 5.69 Å². The average molecular weight is 463 g/mol. The summed E-state index contributed by atoms with van der Waals surface area (Å²) in [5.41, 5.74) is 13.9. The predicted octanol–water partition coefficient (Wildman–Crippen LogP) is 5.83. The van der Waals surface area contributed by atoms with Crippen LogP contribution in [0.15, 0.2) is 65.9 Å². The van der Waals surface area contributed by atoms with Crippen molar-refractivity contribution < 1.29 is 4.79 Å². The summed E-state index contributed by atoms with van der Waals surface area (Å²) in [6.45, 7) is 10.4. The Bertz CT molecular complexity index is 1200. The summed E-state index contributed by atoms with van der Waals surface area (Å²) in [4.78, 5) is 15.2. The summed E-state index contributed by atoms with van der Waals surface area (Å²) in [7, 11) is 0. The van der Waals surface area contributed by atoms with E-state index in [0.29, 0.717) is 23.7 Å². The smallest absolute Gasteiger partial charge is 0.233 e. The summed E-state index contributed by atoms with van der Waals surface area (Å²) in [6, 6.07) is 7.66. The Balaban J connectivity index is 1.77. The number of aromatic amines is 1. The first-order valence-corrected chi connectivity index (χ1v) is 11.7. The number of nitrogens with one attached hydrogen (secondary N) is 1. The van der Waals surface area contributed by atoms with E-state index < -0.39 is 5.41 Å². The molecule has 2 aromatic rings. The number of halogens is 1. The van der Waals surface area contributed by atoms with Crippen LogP contribution >= 0.6 is 11.6 Å². The van der Waals surface area contributed by atoms with E-state index in [-0.39, 0.29) is 5.91 Å². The van der Waals surface area contributed by atoms with Crippen LogP contribution in [0.25, 0.3) is 5.70 Å². The minimum Gasteiger partial charge on any atom is -0.397 e. The maximum absolute atomic E-state index is 13.3. The first-order chi connectivity index (χ1) is 15.7. The number of aryl methyl sites for hydroxylation is 1. The number of H-pyrrole nitrogens is 1. The van der Waals surface area contributed by atoms with E-state index in [4.69, 9.17) is 17.3 Å². The first-order valence-electron chi connectivity index (χ1n) is 11.3. The molecule has 4 rings (SSSR count). The number of nitrogens with two attached hydrogens (primary N) is 1. The van der Waals surface area contributed by atoms with Crippen molar-refractivity contribution in [1.82, 2.24) is 15.1 Å². The van der Waals surface area contributed by atoms with Crippen LogP contribution in [-0.2, 0) is 17.8 Å². The molecule has 1 aromatic carbocycles. The Labute approximate surface area is 200 Å². The summed E-state index contributed by atoms with van der Waals surface area (Å²) in [5, 5.41) is 8.21. The van der Waals surface area contributed by atoms with Crippen molar-refractivity contribution in [3.05, 3.63) is 93.5 Å². The second-order valence-electron chi connectivity index (χ2n) is 9.46. The number of hydrogen-bond acceptors (Lipinski definition) is 3. The van der Waals surface area contributed by atoms with Crippen molar-refractivity contribution in [3.63, 3.8) is 0 Å². The van der Waals surface area contributed by atoms with E-state index in [1.165, 1.54) is 5.56 Å². The van der Waals surface area contributed by atoms with Gasteiger partial charge in [0.25, 0.3) is 0 Å². The minimum absolute atomic E-state index is 0.0969. The fourth-order valence-electron chi connectivity index (χ4n) is 4.76. The maximum atomic E-state index is 13.3. The molecule has 3 N–H and O–H groups in total. The van der Waals surface area contributed by atoms with Gasteiger partial charge in [-0.05, 0) is 55.0 Å². The first kappa shape index (κ1) is 23.1. The predicted molar refractivity (Wildman–Crippen MR) is 134 cm³/mol. The van der Waals surface area contributed by atoms with Gasteiger partial charge in [-0.15, -0.1) is 0 Å². The summed E-state index contributed by atoms with van der Waals surface area (Å²) < 4.78 is 0. The van der Waals surface area contributed by atoms with Crippen LogP contribution in [0.3, 0.4) is 0 Å². The van der Waals surface area contributed by atoms with Gasteiger partial charge in [0.05, 0.1) is 12.2 Å². The zero-order valence-corrected chi connectivity index (χ0v) is 20.3. The van der Waals surface area contributed by atoms with Crippen LogP contribution in [0, 0.1) is 12.3 Å². The highest BCUT2D eigenvalue weighted by atomic mass is 35.5. The van der Waals surface area contributed by atoms with Gasteiger partial charge >= 0.3 is 0 Å². The molecule has 1 aliphatic carbocycles. The third-order valence-electron chi connectivity index (χ3n) is 6.56. The van der Waals surface area contributed by atoms with Crippen LogP contribution < -0.4 is 5.73 Å². The third kappa shape index (κ3) is 4.42. The fraction of sp³-hybridized carbons (Fsp3) is 0.333. The van der Waals surface area contributed by atoms with E-state index in [2.05, 4.69) is 22.9 Å². The molecule has 5 nitrogen and oxygen atoms in total. The number of benzene rings is 1. The van der Waals surface area contributed by atoms with Gasteiger partial charge < -0.3 is 10.6 Å². The monoisotopic (exact) mass is 462 g/mol. The molecule has 0 unspecified atom stereocenters. The Morgan fingerprint density at radius 1 is 1.33 bits per heavy atom. The van der Waals surface area contributed by atoms with Gasteiger partial charge in [-0.2, -0.15) is 5.10 Å². The number of hydrogen-bond donors (Lipinski definition) is 2. The van der Waals surface area contributed by atoms with Crippen molar-refractivity contribution >= 4 is 23.2 Å². The van der Waals surface area contributed by atoms with E-state index >= 15 is 0 Å². The Kier molecular flexibility index (Phi) is 6.35. The molecular weight excluding hydrogens is 432 g/mol. The fourth-order valence-corrected chi connectivity index (χ4v) is 4.96. The minimum atomic E-state index is -0.484. The molecule has 1 aliphatic heterocycles. The Morgan fingerprint density at radius 2 is 2.09 bits per heavy atom. The van der Waals surface area contributed by atoms with E-state index in [9.17, 15) is 4.79 Å². The largest absolute Gasteiger partial charge is 0.397 e. The van der Waals surface area contributed by atoms with Crippen molar-refractivity contribution in [1.29, 1.82) is 0 Å². The molecule has 1 amide bonds. The number of likely N-dealkylation sites (tertiary alicyclic amines) is 1. The molecule has 1 fully saturated rings. The highest BCUT2D eigenvalue weighted by Gasteiger charge is 2.42. The standard InChI is InChI=1S/C27H31ClN4O/c1-5-9-18(22-12-8-11-21-17(2)30-31-25(21)24(22)29)14-20-15-27(3,4)26(33)32(20)16-19-10-6-7-13-23(19)28/h5-7,9-10,13-14H,1,8,11-12,15-16,29H2,2-4H3,(H,30,31)/b18-9+,20-14+. The van der Waals surface area contributed by atoms with E-state index in [1.807, 2.05) is 56.0 Å². The zero-order chi connectivity index (χ0) is 23.8. The molecule has 172 valence electrons. The number of carbonyl (C=O) groups is 1. The lowest BCUT2D eigenvalue weighted by atomic mass is 9.90. The van der Waals surface area contributed by atoms with Crippen molar-refractivity contribution in [2.24, 2.45) is 11.1 Å². The average Bonchev–Trinajstić information content (AvgIpc) is 3.16. The van der Waals surface area contributed by atoms with Gasteiger partial charge in [-0.1, -0.05) is 62.4 Å². The lowest BCUT2D eigenvalue weighted by molar-refractivity contribution is -0.134. The zero-order valence-electron chi connectivity index (χ0n) is 19.5. The molecule has 33 heavy (non-hydrogen) atoms.